The molecule has 1 fully saturated rings. The number of rotatable bonds is 5. The van der Waals surface area contributed by atoms with Gasteiger partial charge in [0.2, 0.25) is 0 Å². The molecule has 0 unspecified atom stereocenters. The van der Waals surface area contributed by atoms with E-state index < -0.39 is 0 Å². The fourth-order valence-corrected chi connectivity index (χ4v) is 2.62. The minimum absolute atomic E-state index is 0.113. The van der Waals surface area contributed by atoms with Gasteiger partial charge in [0.15, 0.2) is 5.78 Å². The van der Waals surface area contributed by atoms with Crippen LogP contribution in [0.1, 0.15) is 37.0 Å². The molecular formula is C14H18BrNO. The minimum Gasteiger partial charge on any atom is -0.371 e. The molecule has 0 spiro atoms. The van der Waals surface area contributed by atoms with E-state index in [9.17, 15) is 4.79 Å². The monoisotopic (exact) mass is 295 g/mol. The fraction of sp³-hybridized carbons (Fsp3) is 0.500. The molecule has 0 aliphatic heterocycles. The first kappa shape index (κ1) is 12.6. The van der Waals surface area contributed by atoms with Gasteiger partial charge in [-0.3, -0.25) is 4.79 Å². The molecule has 2 rings (SSSR count). The van der Waals surface area contributed by atoms with Crippen molar-refractivity contribution in [3.8, 4) is 0 Å². The molecule has 0 N–H and O–H groups in total. The van der Waals surface area contributed by atoms with Gasteiger partial charge in [-0.25, -0.2) is 0 Å². The normalized spacial score (nSPS) is 14.8. The molecule has 0 radical (unpaired) electrons. The molecule has 2 nitrogen and oxygen atoms in total. The van der Waals surface area contributed by atoms with Crippen molar-refractivity contribution < 1.29 is 4.79 Å². The van der Waals surface area contributed by atoms with E-state index in [0.717, 1.165) is 29.0 Å². The summed E-state index contributed by atoms with van der Waals surface area (Å²) >= 11 is 3.57. The van der Waals surface area contributed by atoms with E-state index in [1.165, 1.54) is 18.5 Å². The molecule has 3 heteroatoms. The molecule has 0 saturated heterocycles. The predicted molar refractivity (Wildman–Crippen MR) is 74.8 cm³/mol. The fourth-order valence-electron chi connectivity index (χ4n) is 1.99. The molecule has 0 aromatic heterocycles. The van der Waals surface area contributed by atoms with Gasteiger partial charge in [0.05, 0.1) is 5.69 Å². The highest BCUT2D eigenvalue weighted by atomic mass is 79.9. The first-order chi connectivity index (χ1) is 8.11. The van der Waals surface area contributed by atoms with E-state index in [0.29, 0.717) is 0 Å². The molecule has 0 heterocycles. The van der Waals surface area contributed by atoms with Gasteiger partial charge in [-0.2, -0.15) is 0 Å². The van der Waals surface area contributed by atoms with Crippen molar-refractivity contribution in [2.75, 3.05) is 18.0 Å². The van der Waals surface area contributed by atoms with Crippen LogP contribution >= 0.6 is 15.9 Å². The maximum atomic E-state index is 11.3. The number of nitrogens with zero attached hydrogens (tertiary/aromatic N) is 1. The lowest BCUT2D eigenvalue weighted by Gasteiger charge is -2.24. The van der Waals surface area contributed by atoms with Gasteiger partial charge < -0.3 is 4.90 Å². The van der Waals surface area contributed by atoms with Crippen LogP contribution in [0.3, 0.4) is 0 Å². The third-order valence-electron chi connectivity index (χ3n) is 3.25. The van der Waals surface area contributed by atoms with E-state index >= 15 is 0 Å². The summed E-state index contributed by atoms with van der Waals surface area (Å²) in [6, 6.07) is 5.89. The van der Waals surface area contributed by atoms with Crippen molar-refractivity contribution in [3.63, 3.8) is 0 Å². The zero-order chi connectivity index (χ0) is 12.4. The molecule has 92 valence electrons. The van der Waals surface area contributed by atoms with Gasteiger partial charge in [-0.1, -0.05) is 0 Å². The smallest absolute Gasteiger partial charge is 0.159 e. The maximum Gasteiger partial charge on any atom is 0.159 e. The summed E-state index contributed by atoms with van der Waals surface area (Å²) in [4.78, 5) is 13.7. The van der Waals surface area contributed by atoms with Gasteiger partial charge in [-0.15, -0.1) is 0 Å². The van der Waals surface area contributed by atoms with Crippen LogP contribution in [0.2, 0.25) is 0 Å². The summed E-state index contributed by atoms with van der Waals surface area (Å²) in [5.74, 6) is 0.983. The van der Waals surface area contributed by atoms with E-state index in [4.69, 9.17) is 0 Å². The number of anilines is 1. The second-order valence-corrected chi connectivity index (χ2v) is 5.56. The van der Waals surface area contributed by atoms with Crippen molar-refractivity contribution in [1.82, 2.24) is 0 Å². The number of carbonyl (C=O) groups excluding carboxylic acids is 1. The van der Waals surface area contributed by atoms with Crippen LogP contribution in [-0.4, -0.2) is 18.9 Å². The van der Waals surface area contributed by atoms with E-state index in [1.54, 1.807) is 6.92 Å². The van der Waals surface area contributed by atoms with Crippen molar-refractivity contribution in [3.05, 3.63) is 28.2 Å². The number of hydrogen-bond donors (Lipinski definition) is 0. The highest BCUT2D eigenvalue weighted by molar-refractivity contribution is 9.10. The van der Waals surface area contributed by atoms with Crippen LogP contribution in [-0.2, 0) is 0 Å². The number of halogens is 1. The Morgan fingerprint density at radius 3 is 2.65 bits per heavy atom. The Balaban J connectivity index is 2.20. The predicted octanol–water partition coefficient (Wildman–Crippen LogP) is 3.89. The van der Waals surface area contributed by atoms with Crippen LogP contribution in [0.4, 0.5) is 5.69 Å². The molecule has 1 saturated carbocycles. The third kappa shape index (κ3) is 3.09. The average Bonchev–Trinajstić information content (AvgIpc) is 3.10. The number of carbonyl (C=O) groups is 1. The van der Waals surface area contributed by atoms with Crippen LogP contribution < -0.4 is 4.90 Å². The highest BCUT2D eigenvalue weighted by Gasteiger charge is 2.24. The molecule has 17 heavy (non-hydrogen) atoms. The van der Waals surface area contributed by atoms with Crippen LogP contribution in [0.5, 0.6) is 0 Å². The Bertz CT molecular complexity index is 426. The summed E-state index contributed by atoms with van der Waals surface area (Å²) in [5, 5.41) is 0. The molecule has 0 bridgehead atoms. The van der Waals surface area contributed by atoms with Crippen LogP contribution in [0.15, 0.2) is 22.7 Å². The number of benzene rings is 1. The summed E-state index contributed by atoms with van der Waals surface area (Å²) in [5.41, 5.74) is 1.97. The minimum atomic E-state index is 0.113. The quantitative estimate of drug-likeness (QED) is 0.768. The summed E-state index contributed by atoms with van der Waals surface area (Å²) in [6.45, 7) is 5.92. The Morgan fingerprint density at radius 1 is 1.47 bits per heavy atom. The van der Waals surface area contributed by atoms with Crippen molar-refractivity contribution >= 4 is 27.4 Å². The Morgan fingerprint density at radius 2 is 2.18 bits per heavy atom. The third-order valence-corrected chi connectivity index (χ3v) is 3.89. The molecule has 1 aliphatic carbocycles. The Kier molecular flexibility index (Phi) is 3.87. The largest absolute Gasteiger partial charge is 0.371 e. The van der Waals surface area contributed by atoms with E-state index in [2.05, 4.69) is 27.8 Å². The average molecular weight is 296 g/mol. The lowest BCUT2D eigenvalue weighted by molar-refractivity contribution is 0.101. The Labute approximate surface area is 111 Å². The standard InChI is InChI=1S/C14H18BrNO/c1-3-16(9-11-4-5-11)14-7-6-12(10(2)17)8-13(14)15/h6-8,11H,3-5,9H2,1-2H3. The zero-order valence-corrected chi connectivity index (χ0v) is 12.0. The van der Waals surface area contributed by atoms with Gasteiger partial charge in [0.25, 0.3) is 0 Å². The second kappa shape index (κ2) is 5.21. The second-order valence-electron chi connectivity index (χ2n) is 4.70. The molecule has 1 aromatic rings. The maximum absolute atomic E-state index is 11.3. The molecule has 0 amide bonds. The number of hydrogen-bond acceptors (Lipinski definition) is 2. The first-order valence-corrected chi connectivity index (χ1v) is 6.96. The van der Waals surface area contributed by atoms with Crippen LogP contribution in [0.25, 0.3) is 0 Å². The summed E-state index contributed by atoms with van der Waals surface area (Å²) < 4.78 is 1.02. The van der Waals surface area contributed by atoms with Gasteiger partial charge >= 0.3 is 0 Å². The molecule has 1 aromatic carbocycles. The van der Waals surface area contributed by atoms with E-state index in [-0.39, 0.29) is 5.78 Å². The Hall–Kier alpha value is -0.830. The summed E-state index contributed by atoms with van der Waals surface area (Å²) in [6.07, 6.45) is 2.72. The molecule has 1 aliphatic rings. The van der Waals surface area contributed by atoms with Gasteiger partial charge in [-0.05, 0) is 66.7 Å². The highest BCUT2D eigenvalue weighted by Crippen LogP contribution is 2.34. The van der Waals surface area contributed by atoms with Crippen molar-refractivity contribution in [2.24, 2.45) is 5.92 Å². The zero-order valence-electron chi connectivity index (χ0n) is 10.4. The SMILES string of the molecule is CCN(CC1CC1)c1ccc(C(C)=O)cc1Br. The first-order valence-electron chi connectivity index (χ1n) is 6.17. The van der Waals surface area contributed by atoms with Crippen LogP contribution in [0, 0.1) is 5.92 Å². The van der Waals surface area contributed by atoms with Crippen molar-refractivity contribution in [2.45, 2.75) is 26.7 Å². The number of ketones is 1. The molecule has 0 atom stereocenters. The van der Waals surface area contributed by atoms with E-state index in [1.807, 2.05) is 18.2 Å². The lowest BCUT2D eigenvalue weighted by atomic mass is 10.1. The topological polar surface area (TPSA) is 20.3 Å². The van der Waals surface area contributed by atoms with Gasteiger partial charge in [0.1, 0.15) is 0 Å². The molecular weight excluding hydrogens is 278 g/mol. The summed E-state index contributed by atoms with van der Waals surface area (Å²) in [7, 11) is 0. The lowest BCUT2D eigenvalue weighted by Crippen LogP contribution is -2.25. The van der Waals surface area contributed by atoms with Gasteiger partial charge in [0, 0.05) is 23.1 Å². The van der Waals surface area contributed by atoms with Crippen molar-refractivity contribution in [1.29, 1.82) is 0 Å². The number of Topliss-reactive ketones (excluding diaryl/α,β-unsaturated/α-hetero) is 1.